The van der Waals surface area contributed by atoms with Crippen molar-refractivity contribution in [2.75, 3.05) is 0 Å². The van der Waals surface area contributed by atoms with Gasteiger partial charge in [-0.2, -0.15) is 0 Å². The summed E-state index contributed by atoms with van der Waals surface area (Å²) >= 11 is 0. The van der Waals surface area contributed by atoms with Crippen LogP contribution in [0, 0.1) is 62.3 Å². The van der Waals surface area contributed by atoms with Gasteiger partial charge in [-0.05, 0) is 196 Å². The molecule has 0 aliphatic heterocycles. The fourth-order valence-corrected chi connectivity index (χ4v) is 6.57. The first-order valence-electron chi connectivity index (χ1n) is 22.6. The van der Waals surface area contributed by atoms with Crippen molar-refractivity contribution in [2.24, 2.45) is 0 Å². The summed E-state index contributed by atoms with van der Waals surface area (Å²) in [7, 11) is 0. The molecule has 0 aromatic heterocycles. The van der Waals surface area contributed by atoms with Crippen LogP contribution in [0.1, 0.15) is 129 Å². The number of hydrogen-bond donors (Lipinski definition) is 0. The maximum atomic E-state index is 6.53. The van der Waals surface area contributed by atoms with Crippen molar-refractivity contribution in [3.8, 4) is 57.1 Å². The van der Waals surface area contributed by atoms with Crippen LogP contribution >= 0.6 is 0 Å². The molecule has 0 amide bonds. The van der Waals surface area contributed by atoms with Crippen LogP contribution in [0.4, 0.5) is 0 Å². The minimum Gasteiger partial charge on any atom is -0.457 e. The maximum Gasteiger partial charge on any atom is 0.133 e. The van der Waals surface area contributed by atoms with Crippen LogP contribution < -0.4 is 18.9 Å². The Morgan fingerprint density at radius 1 is 0.365 bits per heavy atom. The van der Waals surface area contributed by atoms with E-state index in [1.54, 1.807) is 0 Å². The molecule has 4 nitrogen and oxygen atoms in total. The number of benzene rings is 6. The van der Waals surface area contributed by atoms with Crippen molar-refractivity contribution in [1.29, 1.82) is 0 Å². The monoisotopic (exact) mass is 923 g/mol. The van der Waals surface area contributed by atoms with Gasteiger partial charge >= 0.3 is 0 Å². The van der Waals surface area contributed by atoms with Gasteiger partial charge in [0.25, 0.3) is 0 Å². The second kappa shape index (κ2) is 27.5. The quantitative estimate of drug-likeness (QED) is 0.123. The summed E-state index contributed by atoms with van der Waals surface area (Å²) in [5.41, 5.74) is 12.9. The Bertz CT molecular complexity index is 2240. The van der Waals surface area contributed by atoms with E-state index >= 15 is 0 Å². The maximum absolute atomic E-state index is 6.53. The molecule has 0 unspecified atom stereocenters. The molecule has 63 heavy (non-hydrogen) atoms. The SMILES string of the molecule is C=Cc1ccc(Oc2c(C)cc(Oc3c(C)cc(-c4cc(C)c(Oc5cc(C)c(Oc6ccc(C)cc6)c(C)c5)c(C)c4)cc3C)cc2C)cc1.CCC.CCCC.CCCC.[Y]. The first-order chi connectivity index (χ1) is 29.6. The van der Waals surface area contributed by atoms with Gasteiger partial charge < -0.3 is 18.9 Å². The van der Waals surface area contributed by atoms with Gasteiger partial charge in [-0.1, -0.05) is 116 Å². The molecule has 0 aliphatic carbocycles. The van der Waals surface area contributed by atoms with E-state index < -0.39 is 0 Å². The van der Waals surface area contributed by atoms with E-state index in [4.69, 9.17) is 18.9 Å². The van der Waals surface area contributed by atoms with Gasteiger partial charge in [0.15, 0.2) is 0 Å². The summed E-state index contributed by atoms with van der Waals surface area (Å²) in [5, 5.41) is 0. The van der Waals surface area contributed by atoms with Gasteiger partial charge in [0.05, 0.1) is 0 Å². The first kappa shape index (κ1) is 54.5. The van der Waals surface area contributed by atoms with Crippen molar-refractivity contribution < 1.29 is 51.7 Å². The summed E-state index contributed by atoms with van der Waals surface area (Å²) in [6.45, 7) is 35.5. The van der Waals surface area contributed by atoms with Crippen LogP contribution in [0.3, 0.4) is 0 Å². The normalized spacial score (nSPS) is 10.1. The molecule has 5 heteroatoms. The molecule has 1 radical (unpaired) electrons. The van der Waals surface area contributed by atoms with Crippen LogP contribution in [0.2, 0.25) is 0 Å². The molecule has 0 atom stereocenters. The van der Waals surface area contributed by atoms with Gasteiger partial charge in [-0.25, -0.2) is 0 Å². The molecule has 6 rings (SSSR count). The number of unbranched alkanes of at least 4 members (excludes halogenated alkanes) is 2. The van der Waals surface area contributed by atoms with Crippen molar-refractivity contribution in [1.82, 2.24) is 0 Å². The molecule has 6 aromatic rings. The van der Waals surface area contributed by atoms with Gasteiger partial charge in [-0.15, -0.1) is 0 Å². The minimum absolute atomic E-state index is 0. The number of aryl methyl sites for hydroxylation is 9. The third-order valence-electron chi connectivity index (χ3n) is 10.1. The van der Waals surface area contributed by atoms with Gasteiger partial charge in [-0.3, -0.25) is 0 Å². The zero-order valence-electron chi connectivity index (χ0n) is 41.3. The average molecular weight is 924 g/mol. The summed E-state index contributed by atoms with van der Waals surface area (Å²) in [6, 6.07) is 33.0. The molecule has 0 spiro atoms. The van der Waals surface area contributed by atoms with Crippen LogP contribution in [0.25, 0.3) is 17.2 Å². The molecule has 0 bridgehead atoms. The van der Waals surface area contributed by atoms with Gasteiger partial charge in [0.2, 0.25) is 0 Å². The average Bonchev–Trinajstić information content (AvgIpc) is 3.24. The molecule has 333 valence electrons. The Balaban J connectivity index is 0.00000102. The predicted octanol–water partition coefficient (Wildman–Crippen LogP) is 19.0. The van der Waals surface area contributed by atoms with E-state index in [1.807, 2.05) is 80.6 Å². The van der Waals surface area contributed by atoms with E-state index in [0.717, 1.165) is 107 Å². The zero-order chi connectivity index (χ0) is 45.9. The molecule has 0 heterocycles. The number of ether oxygens (including phenoxy) is 4. The third kappa shape index (κ3) is 16.5. The van der Waals surface area contributed by atoms with E-state index in [-0.39, 0.29) is 32.7 Å². The molecule has 0 N–H and O–H groups in total. The molecule has 0 saturated heterocycles. The Hall–Kier alpha value is -4.64. The Kier molecular flexibility index (Phi) is 23.8. The van der Waals surface area contributed by atoms with Crippen molar-refractivity contribution >= 4 is 6.08 Å². The van der Waals surface area contributed by atoms with Gasteiger partial charge in [0, 0.05) is 32.7 Å². The molecule has 6 aromatic carbocycles. The fourth-order valence-electron chi connectivity index (χ4n) is 6.57. The molecule has 0 fully saturated rings. The van der Waals surface area contributed by atoms with Crippen molar-refractivity contribution in [3.63, 3.8) is 0 Å². The van der Waals surface area contributed by atoms with Crippen LogP contribution in [-0.2, 0) is 32.7 Å². The standard InChI is InChI=1S/C47H46O4.2C4H10.C3H8.Y/c1-11-37-14-18-41(19-15-37)49-47-35(9)26-43(27-36(47)10)51-45-31(5)22-39(23-32(45)6)38-20-29(3)44(30(4)21-38)50-42-24-33(7)46(34(8)25-42)48-40-16-12-28(2)13-17-40;2*1-3-4-2;1-3-2;/h11-27H,1H2,2-10H3;2*3-4H2,1-2H3;3H2,1-2H3;. The van der Waals surface area contributed by atoms with Gasteiger partial charge in [0.1, 0.15) is 46.0 Å². The Labute approximate surface area is 407 Å². The summed E-state index contributed by atoms with van der Waals surface area (Å²) < 4.78 is 25.6. The largest absolute Gasteiger partial charge is 0.457 e. The Morgan fingerprint density at radius 2 is 0.603 bits per heavy atom. The smallest absolute Gasteiger partial charge is 0.133 e. The van der Waals surface area contributed by atoms with Crippen LogP contribution in [0.15, 0.2) is 104 Å². The second-order valence-electron chi connectivity index (χ2n) is 16.4. The first-order valence-corrected chi connectivity index (χ1v) is 22.6. The third-order valence-corrected chi connectivity index (χ3v) is 10.1. The summed E-state index contributed by atoms with van der Waals surface area (Å²) in [5.74, 6) is 6.61. The van der Waals surface area contributed by atoms with Crippen LogP contribution in [0.5, 0.6) is 46.0 Å². The molecular formula is C58H74O4Y. The summed E-state index contributed by atoms with van der Waals surface area (Å²) in [4.78, 5) is 0. The predicted molar refractivity (Wildman–Crippen MR) is 268 cm³/mol. The summed E-state index contributed by atoms with van der Waals surface area (Å²) in [6.07, 6.45) is 8.35. The van der Waals surface area contributed by atoms with E-state index in [9.17, 15) is 0 Å². The fraction of sp³-hybridized carbons (Fsp3) is 0.345. The number of hydrogen-bond acceptors (Lipinski definition) is 4. The second-order valence-corrected chi connectivity index (χ2v) is 16.4. The molecule has 0 saturated carbocycles. The topological polar surface area (TPSA) is 36.9 Å². The zero-order valence-corrected chi connectivity index (χ0v) is 44.1. The van der Waals surface area contributed by atoms with Crippen LogP contribution in [-0.4, -0.2) is 0 Å². The number of rotatable bonds is 12. The van der Waals surface area contributed by atoms with Crippen molar-refractivity contribution in [2.45, 2.75) is 136 Å². The Morgan fingerprint density at radius 3 is 0.857 bits per heavy atom. The van der Waals surface area contributed by atoms with E-state index in [1.165, 1.54) is 37.7 Å². The molecule has 0 aliphatic rings. The van der Waals surface area contributed by atoms with E-state index in [2.05, 4.69) is 133 Å². The molecular weight excluding hydrogens is 850 g/mol. The van der Waals surface area contributed by atoms with Crippen molar-refractivity contribution in [3.05, 3.63) is 159 Å². The van der Waals surface area contributed by atoms with E-state index in [0.29, 0.717) is 0 Å². The minimum atomic E-state index is 0.